The molecule has 4 rings (SSSR count). The molecular formula is C20H17N3O3S2. The summed E-state index contributed by atoms with van der Waals surface area (Å²) in [5.74, 6) is -0.309. The van der Waals surface area contributed by atoms with Crippen LogP contribution in [-0.4, -0.2) is 23.9 Å². The van der Waals surface area contributed by atoms with Crippen LogP contribution in [0.3, 0.4) is 0 Å². The highest BCUT2D eigenvalue weighted by Gasteiger charge is 2.17. The zero-order valence-electron chi connectivity index (χ0n) is 14.8. The lowest BCUT2D eigenvalue weighted by atomic mass is 10.2. The fourth-order valence-corrected chi connectivity index (χ4v) is 5.20. The maximum atomic E-state index is 12.4. The van der Waals surface area contributed by atoms with Crippen LogP contribution in [-0.2, 0) is 26.9 Å². The number of benzene rings is 2. The molecule has 0 saturated heterocycles. The van der Waals surface area contributed by atoms with E-state index < -0.39 is 9.84 Å². The van der Waals surface area contributed by atoms with Crippen molar-refractivity contribution in [1.29, 1.82) is 0 Å². The summed E-state index contributed by atoms with van der Waals surface area (Å²) < 4.78 is 26.8. The number of sulfone groups is 1. The fraction of sp³-hybridized carbons (Fsp3) is 0.100. The summed E-state index contributed by atoms with van der Waals surface area (Å²) in [7, 11) is -3.46. The van der Waals surface area contributed by atoms with Gasteiger partial charge < -0.3 is 9.88 Å². The maximum absolute atomic E-state index is 12.4. The quantitative estimate of drug-likeness (QED) is 0.524. The normalized spacial score (nSPS) is 11.6. The lowest BCUT2D eigenvalue weighted by Crippen LogP contribution is -2.18. The van der Waals surface area contributed by atoms with E-state index in [4.69, 9.17) is 0 Å². The number of rotatable bonds is 6. The van der Waals surface area contributed by atoms with Crippen molar-refractivity contribution in [2.24, 2.45) is 0 Å². The van der Waals surface area contributed by atoms with Gasteiger partial charge in [-0.25, -0.2) is 13.4 Å². The van der Waals surface area contributed by atoms with Gasteiger partial charge in [-0.3, -0.25) is 4.79 Å². The van der Waals surface area contributed by atoms with Crippen molar-refractivity contribution in [1.82, 2.24) is 9.55 Å². The van der Waals surface area contributed by atoms with Crippen molar-refractivity contribution < 1.29 is 13.2 Å². The predicted octanol–water partition coefficient (Wildman–Crippen LogP) is 3.71. The van der Waals surface area contributed by atoms with Crippen LogP contribution in [0.4, 0.5) is 5.69 Å². The van der Waals surface area contributed by atoms with E-state index in [1.165, 1.54) is 23.5 Å². The number of thiazole rings is 1. The highest BCUT2D eigenvalue weighted by Crippen LogP contribution is 2.20. The Kier molecular flexibility index (Phi) is 4.97. The number of para-hydroxylation sites is 1. The first kappa shape index (κ1) is 18.4. The molecule has 0 atom stereocenters. The van der Waals surface area contributed by atoms with Crippen molar-refractivity contribution >= 4 is 43.7 Å². The van der Waals surface area contributed by atoms with Gasteiger partial charge in [-0.05, 0) is 41.8 Å². The van der Waals surface area contributed by atoms with Crippen molar-refractivity contribution in [3.63, 3.8) is 0 Å². The summed E-state index contributed by atoms with van der Waals surface area (Å²) in [5, 5.41) is 6.18. The van der Waals surface area contributed by atoms with Crippen molar-refractivity contribution in [3.05, 3.63) is 77.4 Å². The first-order chi connectivity index (χ1) is 13.5. The van der Waals surface area contributed by atoms with Gasteiger partial charge in [0.1, 0.15) is 17.3 Å². The number of hydrogen-bond donors (Lipinski definition) is 1. The molecule has 0 aliphatic heterocycles. The van der Waals surface area contributed by atoms with Gasteiger partial charge >= 0.3 is 0 Å². The van der Waals surface area contributed by atoms with Crippen LogP contribution >= 0.6 is 11.3 Å². The number of nitrogens with zero attached hydrogens (tertiary/aromatic N) is 2. The molecular weight excluding hydrogens is 394 g/mol. The van der Waals surface area contributed by atoms with Crippen molar-refractivity contribution in [3.8, 4) is 0 Å². The molecule has 2 aromatic carbocycles. The monoisotopic (exact) mass is 411 g/mol. The summed E-state index contributed by atoms with van der Waals surface area (Å²) in [4.78, 5) is 16.6. The van der Waals surface area contributed by atoms with Gasteiger partial charge in [0.25, 0.3) is 0 Å². The number of fused-ring (bicyclic) bond motifs is 1. The van der Waals surface area contributed by atoms with Gasteiger partial charge in [0, 0.05) is 29.0 Å². The average molecular weight is 412 g/mol. The van der Waals surface area contributed by atoms with Crippen LogP contribution < -0.4 is 5.32 Å². The second-order valence-electron chi connectivity index (χ2n) is 6.26. The van der Waals surface area contributed by atoms with E-state index in [1.807, 2.05) is 41.1 Å². The van der Waals surface area contributed by atoms with E-state index in [1.54, 1.807) is 23.7 Å². The molecule has 6 nitrogen and oxygen atoms in total. The first-order valence-corrected chi connectivity index (χ1v) is 11.1. The van der Waals surface area contributed by atoms with Crippen molar-refractivity contribution in [2.45, 2.75) is 17.2 Å². The van der Waals surface area contributed by atoms with E-state index in [2.05, 4.69) is 10.3 Å². The third-order valence-corrected chi connectivity index (χ3v) is 6.89. The maximum Gasteiger partial charge on any atom is 0.244 e. The number of carbonyl (C=O) groups excluding carboxylic acids is 1. The molecule has 0 fully saturated rings. The zero-order valence-corrected chi connectivity index (χ0v) is 16.4. The van der Waals surface area contributed by atoms with Gasteiger partial charge in [-0.15, -0.1) is 11.3 Å². The number of hydrogen-bond acceptors (Lipinski definition) is 5. The smallest absolute Gasteiger partial charge is 0.244 e. The number of carbonyl (C=O) groups is 1. The molecule has 4 aromatic rings. The van der Waals surface area contributed by atoms with Gasteiger partial charge in [-0.2, -0.15) is 0 Å². The Morgan fingerprint density at radius 1 is 1.07 bits per heavy atom. The molecule has 0 bridgehead atoms. The SMILES string of the molecule is O=C(Cn1ccc2ccccc21)Nc1ccc(S(=O)(=O)Cc2nccs2)cc1. The molecule has 0 aliphatic carbocycles. The molecule has 8 heteroatoms. The van der Waals surface area contributed by atoms with E-state index >= 15 is 0 Å². The Morgan fingerprint density at radius 2 is 1.86 bits per heavy atom. The van der Waals surface area contributed by atoms with Crippen molar-refractivity contribution in [2.75, 3.05) is 5.32 Å². The zero-order chi connectivity index (χ0) is 19.6. The molecule has 0 saturated carbocycles. The van der Waals surface area contributed by atoms with E-state index in [-0.39, 0.29) is 23.1 Å². The Balaban J connectivity index is 1.43. The Bertz CT molecular complexity index is 1210. The standard InChI is InChI=1S/C20H17N3O3S2/c24-19(13-23-11-9-15-3-1-2-4-18(15)23)22-16-5-7-17(8-6-16)28(25,26)14-20-21-10-12-27-20/h1-12H,13-14H2,(H,22,24). The molecule has 142 valence electrons. The highest BCUT2D eigenvalue weighted by molar-refractivity contribution is 7.90. The van der Waals surface area contributed by atoms with E-state index in [9.17, 15) is 13.2 Å². The summed E-state index contributed by atoms with van der Waals surface area (Å²) in [6, 6.07) is 16.0. The minimum atomic E-state index is -3.46. The third-order valence-electron chi connectivity index (χ3n) is 4.29. The molecule has 1 N–H and O–H groups in total. The molecule has 0 aliphatic rings. The third kappa shape index (κ3) is 3.97. The fourth-order valence-electron chi connectivity index (χ4n) is 2.95. The predicted molar refractivity (Wildman–Crippen MR) is 110 cm³/mol. The second kappa shape index (κ2) is 7.57. The Labute approximate surface area is 166 Å². The van der Waals surface area contributed by atoms with E-state index in [0.29, 0.717) is 10.7 Å². The lowest BCUT2D eigenvalue weighted by Gasteiger charge is -2.09. The molecule has 0 radical (unpaired) electrons. The van der Waals surface area contributed by atoms with Gasteiger partial charge in [0.05, 0.1) is 4.90 Å². The summed E-state index contributed by atoms with van der Waals surface area (Å²) in [6.07, 6.45) is 3.46. The number of nitrogens with one attached hydrogen (secondary N) is 1. The van der Waals surface area contributed by atoms with Crippen LogP contribution in [0.5, 0.6) is 0 Å². The molecule has 1 amide bonds. The van der Waals surface area contributed by atoms with Crippen LogP contribution in [0, 0.1) is 0 Å². The molecule has 28 heavy (non-hydrogen) atoms. The molecule has 0 spiro atoms. The molecule has 2 heterocycles. The minimum absolute atomic E-state index is 0.128. The lowest BCUT2D eigenvalue weighted by molar-refractivity contribution is -0.116. The highest BCUT2D eigenvalue weighted by atomic mass is 32.2. The summed E-state index contributed by atoms with van der Waals surface area (Å²) in [5.41, 5.74) is 1.54. The van der Waals surface area contributed by atoms with Gasteiger partial charge in [-0.1, -0.05) is 18.2 Å². The Morgan fingerprint density at radius 3 is 2.61 bits per heavy atom. The average Bonchev–Trinajstić information content (AvgIpc) is 3.32. The molecule has 2 aromatic heterocycles. The number of amides is 1. The number of anilines is 1. The van der Waals surface area contributed by atoms with Gasteiger partial charge in [0.2, 0.25) is 5.91 Å². The summed E-state index contributed by atoms with van der Waals surface area (Å²) >= 11 is 1.31. The van der Waals surface area contributed by atoms with Crippen LogP contribution in [0.2, 0.25) is 0 Å². The minimum Gasteiger partial charge on any atom is -0.338 e. The van der Waals surface area contributed by atoms with Crippen LogP contribution in [0.1, 0.15) is 5.01 Å². The van der Waals surface area contributed by atoms with Crippen LogP contribution in [0.15, 0.2) is 77.3 Å². The van der Waals surface area contributed by atoms with E-state index in [0.717, 1.165) is 10.9 Å². The largest absolute Gasteiger partial charge is 0.338 e. The second-order valence-corrected chi connectivity index (χ2v) is 9.23. The topological polar surface area (TPSA) is 81.1 Å². The van der Waals surface area contributed by atoms with Gasteiger partial charge in [0.15, 0.2) is 9.84 Å². The summed E-state index contributed by atoms with van der Waals surface area (Å²) in [6.45, 7) is 0.178. The Hall–Kier alpha value is -2.97. The van der Waals surface area contributed by atoms with Crippen LogP contribution in [0.25, 0.3) is 10.9 Å². The first-order valence-electron chi connectivity index (χ1n) is 8.56. The molecule has 0 unspecified atom stereocenters. The number of aromatic nitrogens is 2.